The van der Waals surface area contributed by atoms with E-state index in [4.69, 9.17) is 19.8 Å². The molecule has 2 amide bonds. The van der Waals surface area contributed by atoms with E-state index in [1.165, 1.54) is 17.8 Å². The number of piperazine rings is 1. The number of para-hydroxylation sites is 1. The number of carboxylic acid groups (broad SMARTS) is 2. The molecule has 2 aliphatic heterocycles. The summed E-state index contributed by atoms with van der Waals surface area (Å²) in [4.78, 5) is 49.9. The van der Waals surface area contributed by atoms with Gasteiger partial charge < -0.3 is 24.9 Å². The molecule has 2 N–H and O–H groups in total. The Kier molecular flexibility index (Phi) is 8.77. The zero-order valence-corrected chi connectivity index (χ0v) is 19.2. The van der Waals surface area contributed by atoms with Crippen LogP contribution in [0, 0.1) is 11.7 Å². The number of hydrogen-bond donors (Lipinski definition) is 2. The molecule has 0 spiro atoms. The van der Waals surface area contributed by atoms with Gasteiger partial charge in [0.05, 0.1) is 5.92 Å². The fourth-order valence-electron chi connectivity index (χ4n) is 4.25. The van der Waals surface area contributed by atoms with Crippen molar-refractivity contribution in [3.63, 3.8) is 0 Å². The number of piperidine rings is 1. The van der Waals surface area contributed by atoms with Crippen LogP contribution in [0.5, 0.6) is 0 Å². The second kappa shape index (κ2) is 12.0. The number of carbonyl (C=O) groups is 4. The molecule has 0 saturated carbocycles. The zero-order valence-electron chi connectivity index (χ0n) is 19.2. The van der Waals surface area contributed by atoms with Gasteiger partial charge in [-0.1, -0.05) is 24.3 Å². The summed E-state index contributed by atoms with van der Waals surface area (Å²) in [6, 6.07) is 16.0. The number of likely N-dealkylation sites (tertiary alicyclic amines) is 1. The Balaban J connectivity index is 0.000000509. The van der Waals surface area contributed by atoms with Crippen molar-refractivity contribution < 1.29 is 33.8 Å². The van der Waals surface area contributed by atoms with Crippen molar-refractivity contribution >= 4 is 29.4 Å². The van der Waals surface area contributed by atoms with Crippen molar-refractivity contribution in [2.24, 2.45) is 5.92 Å². The number of amides is 2. The van der Waals surface area contributed by atoms with Crippen LogP contribution in [0.4, 0.5) is 10.1 Å². The van der Waals surface area contributed by atoms with Crippen LogP contribution in [0.15, 0.2) is 54.6 Å². The SMILES string of the molecule is O=C(O)C(=O)O.O=C(c1cccc(F)c1)N1CCCC(C(=O)N2CCN(c3ccccc3)CC2)C1. The molecule has 2 aromatic rings. The maximum absolute atomic E-state index is 13.5. The van der Waals surface area contributed by atoms with Crippen molar-refractivity contribution in [2.75, 3.05) is 44.2 Å². The minimum Gasteiger partial charge on any atom is -0.473 e. The van der Waals surface area contributed by atoms with Gasteiger partial charge in [-0.15, -0.1) is 0 Å². The lowest BCUT2D eigenvalue weighted by atomic mass is 9.95. The fourth-order valence-corrected chi connectivity index (χ4v) is 4.25. The third-order valence-electron chi connectivity index (χ3n) is 6.03. The molecule has 2 aromatic carbocycles. The predicted molar refractivity (Wildman–Crippen MR) is 126 cm³/mol. The van der Waals surface area contributed by atoms with Crippen LogP contribution in [-0.2, 0) is 14.4 Å². The van der Waals surface area contributed by atoms with Crippen LogP contribution >= 0.6 is 0 Å². The monoisotopic (exact) mass is 485 g/mol. The Labute approximate surface area is 202 Å². The summed E-state index contributed by atoms with van der Waals surface area (Å²) in [5, 5.41) is 14.8. The first kappa shape index (κ1) is 25.7. The zero-order chi connectivity index (χ0) is 25.4. The summed E-state index contributed by atoms with van der Waals surface area (Å²) in [5.74, 6) is -4.31. The average molecular weight is 486 g/mol. The molecule has 2 fully saturated rings. The van der Waals surface area contributed by atoms with Gasteiger partial charge in [0.25, 0.3) is 5.91 Å². The number of benzene rings is 2. The van der Waals surface area contributed by atoms with Crippen LogP contribution < -0.4 is 4.90 Å². The first-order chi connectivity index (χ1) is 16.8. The molecule has 2 saturated heterocycles. The normalized spacial score (nSPS) is 17.7. The van der Waals surface area contributed by atoms with Gasteiger partial charge in [-0.25, -0.2) is 14.0 Å². The van der Waals surface area contributed by atoms with E-state index in [9.17, 15) is 14.0 Å². The summed E-state index contributed by atoms with van der Waals surface area (Å²) in [6.45, 7) is 4.04. The lowest BCUT2D eigenvalue weighted by molar-refractivity contribution is -0.159. The summed E-state index contributed by atoms with van der Waals surface area (Å²) >= 11 is 0. The number of halogens is 1. The second-order valence-corrected chi connectivity index (χ2v) is 8.36. The van der Waals surface area contributed by atoms with Gasteiger partial charge in [0.15, 0.2) is 0 Å². The Morgan fingerprint density at radius 1 is 0.800 bits per heavy atom. The number of rotatable bonds is 3. The Morgan fingerprint density at radius 2 is 1.46 bits per heavy atom. The molecule has 10 heteroatoms. The minimum atomic E-state index is -1.82. The molecule has 0 aromatic heterocycles. The predicted octanol–water partition coefficient (Wildman–Crippen LogP) is 2.18. The van der Waals surface area contributed by atoms with Gasteiger partial charge >= 0.3 is 11.9 Å². The summed E-state index contributed by atoms with van der Waals surface area (Å²) in [5.41, 5.74) is 1.53. The molecule has 9 nitrogen and oxygen atoms in total. The van der Waals surface area contributed by atoms with Crippen molar-refractivity contribution in [3.8, 4) is 0 Å². The molecule has 35 heavy (non-hydrogen) atoms. The van der Waals surface area contributed by atoms with E-state index in [0.717, 1.165) is 25.9 Å². The number of carbonyl (C=O) groups excluding carboxylic acids is 2. The highest BCUT2D eigenvalue weighted by atomic mass is 19.1. The number of nitrogens with zero attached hydrogens (tertiary/aromatic N) is 3. The van der Waals surface area contributed by atoms with Crippen LogP contribution in [0.2, 0.25) is 0 Å². The quantitative estimate of drug-likeness (QED) is 0.640. The lowest BCUT2D eigenvalue weighted by Crippen LogP contribution is -2.53. The number of aliphatic carboxylic acids is 2. The van der Waals surface area contributed by atoms with Gasteiger partial charge in [0.1, 0.15) is 5.82 Å². The Bertz CT molecular complexity index is 1040. The van der Waals surface area contributed by atoms with E-state index in [2.05, 4.69) is 17.0 Å². The standard InChI is InChI=1S/C23H26FN3O2.C2H2O4/c24-20-8-4-6-18(16-20)22(28)27-11-5-7-19(17-27)23(29)26-14-12-25(13-15-26)21-9-2-1-3-10-21;3-1(4)2(5)6/h1-4,6,8-10,16,19H,5,7,11-15,17H2;(H,3,4)(H,5,6). The van der Waals surface area contributed by atoms with Crippen molar-refractivity contribution in [1.82, 2.24) is 9.80 Å². The number of anilines is 1. The topological polar surface area (TPSA) is 118 Å². The van der Waals surface area contributed by atoms with Crippen LogP contribution in [0.25, 0.3) is 0 Å². The first-order valence-corrected chi connectivity index (χ1v) is 11.4. The highest BCUT2D eigenvalue weighted by Crippen LogP contribution is 2.23. The third kappa shape index (κ3) is 7.02. The van der Waals surface area contributed by atoms with Gasteiger partial charge in [-0.3, -0.25) is 9.59 Å². The summed E-state index contributed by atoms with van der Waals surface area (Å²) < 4.78 is 13.5. The van der Waals surface area contributed by atoms with Crippen LogP contribution in [0.1, 0.15) is 23.2 Å². The largest absolute Gasteiger partial charge is 0.473 e. The summed E-state index contributed by atoms with van der Waals surface area (Å²) in [7, 11) is 0. The van der Waals surface area contributed by atoms with Gasteiger partial charge in [-0.05, 0) is 43.2 Å². The smallest absolute Gasteiger partial charge is 0.414 e. The first-order valence-electron chi connectivity index (χ1n) is 11.4. The van der Waals surface area contributed by atoms with E-state index in [1.54, 1.807) is 17.0 Å². The van der Waals surface area contributed by atoms with Crippen LogP contribution in [0.3, 0.4) is 0 Å². The molecule has 2 aliphatic rings. The minimum absolute atomic E-state index is 0.134. The van der Waals surface area contributed by atoms with E-state index >= 15 is 0 Å². The maximum atomic E-state index is 13.5. The average Bonchev–Trinajstić information content (AvgIpc) is 2.89. The van der Waals surface area contributed by atoms with E-state index in [1.807, 2.05) is 23.1 Å². The maximum Gasteiger partial charge on any atom is 0.414 e. The van der Waals surface area contributed by atoms with Crippen LogP contribution in [-0.4, -0.2) is 83.0 Å². The van der Waals surface area contributed by atoms with E-state index in [0.29, 0.717) is 31.7 Å². The van der Waals surface area contributed by atoms with Crippen molar-refractivity contribution in [3.05, 3.63) is 66.0 Å². The van der Waals surface area contributed by atoms with Crippen molar-refractivity contribution in [1.29, 1.82) is 0 Å². The second-order valence-electron chi connectivity index (χ2n) is 8.36. The molecule has 0 radical (unpaired) electrons. The molecule has 2 heterocycles. The molecule has 4 rings (SSSR count). The molecule has 1 atom stereocenters. The fraction of sp³-hybridized carbons (Fsp3) is 0.360. The highest BCUT2D eigenvalue weighted by Gasteiger charge is 2.33. The number of carboxylic acids is 2. The molecule has 0 bridgehead atoms. The molecule has 0 aliphatic carbocycles. The lowest BCUT2D eigenvalue weighted by Gasteiger charge is -2.39. The van der Waals surface area contributed by atoms with Gasteiger partial charge in [-0.2, -0.15) is 0 Å². The molecular formula is C25H28FN3O6. The van der Waals surface area contributed by atoms with E-state index in [-0.39, 0.29) is 17.7 Å². The Hall–Kier alpha value is -3.95. The molecule has 1 unspecified atom stereocenters. The summed E-state index contributed by atoms with van der Waals surface area (Å²) in [6.07, 6.45) is 1.59. The molecular weight excluding hydrogens is 457 g/mol. The van der Waals surface area contributed by atoms with E-state index < -0.39 is 17.8 Å². The molecule has 186 valence electrons. The highest BCUT2D eigenvalue weighted by molar-refractivity contribution is 6.27. The van der Waals surface area contributed by atoms with Gasteiger partial charge in [0, 0.05) is 50.5 Å². The van der Waals surface area contributed by atoms with Crippen molar-refractivity contribution in [2.45, 2.75) is 12.8 Å². The van der Waals surface area contributed by atoms with Gasteiger partial charge in [0.2, 0.25) is 5.91 Å². The third-order valence-corrected chi connectivity index (χ3v) is 6.03. The number of hydrogen-bond acceptors (Lipinski definition) is 5. The Morgan fingerprint density at radius 3 is 2.06 bits per heavy atom.